The van der Waals surface area contributed by atoms with Gasteiger partial charge in [0.25, 0.3) is 5.91 Å². The lowest BCUT2D eigenvalue weighted by Gasteiger charge is -2.09. The SMILES string of the molecule is C=CCn1c(CNC(=O)c2cccc(Cl)c2)nnc1SCC(=O)Nc1ccc(C)c(Cl)c1. The second kappa shape index (κ2) is 11.2. The van der Waals surface area contributed by atoms with Crippen molar-refractivity contribution in [1.82, 2.24) is 20.1 Å². The van der Waals surface area contributed by atoms with Crippen molar-refractivity contribution in [3.05, 3.63) is 82.1 Å². The lowest BCUT2D eigenvalue weighted by Crippen LogP contribution is -2.24. The van der Waals surface area contributed by atoms with Crippen molar-refractivity contribution in [2.24, 2.45) is 0 Å². The van der Waals surface area contributed by atoms with Crippen molar-refractivity contribution < 1.29 is 9.59 Å². The van der Waals surface area contributed by atoms with Gasteiger partial charge in [-0.3, -0.25) is 9.59 Å². The number of halogens is 2. The molecule has 0 atom stereocenters. The van der Waals surface area contributed by atoms with Gasteiger partial charge in [0, 0.05) is 27.8 Å². The summed E-state index contributed by atoms with van der Waals surface area (Å²) in [6.07, 6.45) is 1.70. The number of aryl methyl sites for hydroxylation is 1. The number of carbonyl (C=O) groups is 2. The normalized spacial score (nSPS) is 10.6. The minimum atomic E-state index is -0.272. The topological polar surface area (TPSA) is 88.9 Å². The number of nitrogens with one attached hydrogen (secondary N) is 2. The first-order valence-corrected chi connectivity index (χ1v) is 11.4. The number of amides is 2. The maximum absolute atomic E-state index is 12.4. The van der Waals surface area contributed by atoms with Gasteiger partial charge in [-0.05, 0) is 42.8 Å². The van der Waals surface area contributed by atoms with Gasteiger partial charge in [0.1, 0.15) is 0 Å². The summed E-state index contributed by atoms with van der Waals surface area (Å²) in [4.78, 5) is 24.7. The van der Waals surface area contributed by atoms with E-state index in [0.29, 0.717) is 38.8 Å². The number of hydrogen-bond acceptors (Lipinski definition) is 5. The summed E-state index contributed by atoms with van der Waals surface area (Å²) in [5.41, 5.74) is 2.02. The molecule has 3 aromatic rings. The van der Waals surface area contributed by atoms with Gasteiger partial charge in [0.15, 0.2) is 11.0 Å². The molecule has 1 aromatic heterocycles. The second-order valence-electron chi connectivity index (χ2n) is 6.79. The summed E-state index contributed by atoms with van der Waals surface area (Å²) in [7, 11) is 0. The number of aromatic nitrogens is 3. The molecule has 0 aliphatic carbocycles. The van der Waals surface area contributed by atoms with Crippen LogP contribution in [0.2, 0.25) is 10.0 Å². The number of rotatable bonds is 9. The van der Waals surface area contributed by atoms with Crippen molar-refractivity contribution in [3.63, 3.8) is 0 Å². The zero-order chi connectivity index (χ0) is 23.1. The number of nitrogens with zero attached hydrogens (tertiary/aromatic N) is 3. The first-order chi connectivity index (χ1) is 15.4. The first kappa shape index (κ1) is 23.8. The smallest absolute Gasteiger partial charge is 0.251 e. The molecule has 1 heterocycles. The van der Waals surface area contributed by atoms with E-state index in [-0.39, 0.29) is 24.1 Å². The molecule has 32 heavy (non-hydrogen) atoms. The van der Waals surface area contributed by atoms with E-state index in [1.54, 1.807) is 47.0 Å². The third-order valence-electron chi connectivity index (χ3n) is 4.39. The highest BCUT2D eigenvalue weighted by atomic mass is 35.5. The Bertz CT molecular complexity index is 1150. The average molecular weight is 490 g/mol. The van der Waals surface area contributed by atoms with Crippen LogP contribution >= 0.6 is 35.0 Å². The monoisotopic (exact) mass is 489 g/mol. The standard InChI is InChI=1S/C22H21Cl2N5O2S/c1-3-9-29-19(12-25-21(31)15-5-4-6-16(23)10-15)27-28-22(29)32-13-20(30)26-17-8-7-14(2)18(24)11-17/h3-8,10-11H,1,9,12-13H2,2H3,(H,25,31)(H,26,30). The van der Waals surface area contributed by atoms with Crippen LogP contribution in [-0.2, 0) is 17.9 Å². The molecule has 0 unspecified atom stereocenters. The van der Waals surface area contributed by atoms with E-state index in [1.807, 2.05) is 13.0 Å². The molecule has 10 heteroatoms. The van der Waals surface area contributed by atoms with Crippen LogP contribution in [0.3, 0.4) is 0 Å². The zero-order valence-corrected chi connectivity index (χ0v) is 19.6. The fraction of sp³-hybridized carbons (Fsp3) is 0.182. The third kappa shape index (κ3) is 6.35. The summed E-state index contributed by atoms with van der Waals surface area (Å²) in [5, 5.41) is 15.6. The highest BCUT2D eigenvalue weighted by Gasteiger charge is 2.15. The quantitative estimate of drug-likeness (QED) is 0.334. The van der Waals surface area contributed by atoms with Gasteiger partial charge >= 0.3 is 0 Å². The molecule has 0 bridgehead atoms. The number of allylic oxidation sites excluding steroid dienone is 1. The molecule has 0 radical (unpaired) electrons. The second-order valence-corrected chi connectivity index (χ2v) is 8.58. The third-order valence-corrected chi connectivity index (χ3v) is 6.00. The Morgan fingerprint density at radius 3 is 2.72 bits per heavy atom. The lowest BCUT2D eigenvalue weighted by atomic mass is 10.2. The van der Waals surface area contributed by atoms with E-state index < -0.39 is 0 Å². The van der Waals surface area contributed by atoms with Gasteiger partial charge < -0.3 is 15.2 Å². The van der Waals surface area contributed by atoms with Crippen LogP contribution in [0.25, 0.3) is 0 Å². The molecule has 2 N–H and O–H groups in total. The van der Waals surface area contributed by atoms with Gasteiger partial charge in [0.05, 0.1) is 12.3 Å². The Morgan fingerprint density at radius 1 is 1.19 bits per heavy atom. The van der Waals surface area contributed by atoms with Gasteiger partial charge in [0.2, 0.25) is 5.91 Å². The van der Waals surface area contributed by atoms with Crippen molar-refractivity contribution >= 4 is 52.5 Å². The Kier molecular flexibility index (Phi) is 8.33. The number of hydrogen-bond donors (Lipinski definition) is 2. The molecule has 0 saturated heterocycles. The molecule has 3 rings (SSSR count). The van der Waals surface area contributed by atoms with E-state index in [9.17, 15) is 9.59 Å². The highest BCUT2D eigenvalue weighted by molar-refractivity contribution is 7.99. The molecular formula is C22H21Cl2N5O2S. The lowest BCUT2D eigenvalue weighted by molar-refractivity contribution is -0.113. The molecule has 0 aliphatic rings. The fourth-order valence-corrected chi connectivity index (χ4v) is 3.90. The van der Waals surface area contributed by atoms with Crippen LogP contribution in [0.5, 0.6) is 0 Å². The Balaban J connectivity index is 1.61. The molecule has 2 aromatic carbocycles. The van der Waals surface area contributed by atoms with Gasteiger partial charge in [-0.1, -0.05) is 53.2 Å². The molecule has 166 valence electrons. The maximum Gasteiger partial charge on any atom is 0.251 e. The minimum absolute atomic E-state index is 0.135. The number of thioether (sulfide) groups is 1. The van der Waals surface area contributed by atoms with Crippen LogP contribution in [0, 0.1) is 6.92 Å². The molecular weight excluding hydrogens is 469 g/mol. The predicted molar refractivity (Wildman–Crippen MR) is 128 cm³/mol. The Hall–Kier alpha value is -2.81. The van der Waals surface area contributed by atoms with Crippen LogP contribution in [0.4, 0.5) is 5.69 Å². The number of anilines is 1. The summed E-state index contributed by atoms with van der Waals surface area (Å²) >= 11 is 13.3. The van der Waals surface area contributed by atoms with Crippen molar-refractivity contribution in [1.29, 1.82) is 0 Å². The molecule has 7 nitrogen and oxygen atoms in total. The van der Waals surface area contributed by atoms with Crippen molar-refractivity contribution in [2.75, 3.05) is 11.1 Å². The minimum Gasteiger partial charge on any atom is -0.345 e. The predicted octanol–water partition coefficient (Wildman–Crippen LogP) is 4.74. The van der Waals surface area contributed by atoms with Gasteiger partial charge in [-0.25, -0.2) is 0 Å². The summed E-state index contributed by atoms with van der Waals surface area (Å²) in [6.45, 7) is 6.26. The maximum atomic E-state index is 12.4. The van der Waals surface area contributed by atoms with Crippen molar-refractivity contribution in [2.45, 2.75) is 25.2 Å². The van der Waals surface area contributed by atoms with E-state index >= 15 is 0 Å². The molecule has 2 amide bonds. The fourth-order valence-electron chi connectivity index (χ4n) is 2.76. The molecule has 0 fully saturated rings. The van der Waals surface area contributed by atoms with Crippen LogP contribution in [-0.4, -0.2) is 32.3 Å². The highest BCUT2D eigenvalue weighted by Crippen LogP contribution is 2.21. The van der Waals surface area contributed by atoms with Gasteiger partial charge in [-0.2, -0.15) is 0 Å². The van der Waals surface area contributed by atoms with E-state index in [1.165, 1.54) is 11.8 Å². The van der Waals surface area contributed by atoms with Crippen LogP contribution in [0.1, 0.15) is 21.7 Å². The first-order valence-electron chi connectivity index (χ1n) is 9.63. The molecule has 0 saturated carbocycles. The average Bonchev–Trinajstić information content (AvgIpc) is 3.15. The molecule has 0 spiro atoms. The zero-order valence-electron chi connectivity index (χ0n) is 17.3. The van der Waals surface area contributed by atoms with E-state index in [2.05, 4.69) is 27.4 Å². The number of benzene rings is 2. The van der Waals surface area contributed by atoms with Crippen LogP contribution in [0.15, 0.2) is 60.3 Å². The van der Waals surface area contributed by atoms with Crippen LogP contribution < -0.4 is 10.6 Å². The van der Waals surface area contributed by atoms with Crippen molar-refractivity contribution in [3.8, 4) is 0 Å². The summed E-state index contributed by atoms with van der Waals surface area (Å²) < 4.78 is 1.80. The Labute approximate surface area is 200 Å². The largest absolute Gasteiger partial charge is 0.345 e. The summed E-state index contributed by atoms with van der Waals surface area (Å²) in [5.74, 6) is 0.216. The van der Waals surface area contributed by atoms with E-state index in [4.69, 9.17) is 23.2 Å². The summed E-state index contributed by atoms with van der Waals surface area (Å²) in [6, 6.07) is 12.0. The van der Waals surface area contributed by atoms with E-state index in [0.717, 1.165) is 5.56 Å². The number of carbonyl (C=O) groups excluding carboxylic acids is 2. The molecule has 0 aliphatic heterocycles. The van der Waals surface area contributed by atoms with Gasteiger partial charge in [-0.15, -0.1) is 16.8 Å². The Morgan fingerprint density at radius 2 is 2.00 bits per heavy atom.